The van der Waals surface area contributed by atoms with E-state index in [2.05, 4.69) is 30.9 Å². The Kier molecular flexibility index (Phi) is 3.85. The summed E-state index contributed by atoms with van der Waals surface area (Å²) in [5.41, 5.74) is 3.76. The van der Waals surface area contributed by atoms with Gasteiger partial charge in [-0.1, -0.05) is 17.7 Å². The summed E-state index contributed by atoms with van der Waals surface area (Å²) in [7, 11) is 0. The van der Waals surface area contributed by atoms with Crippen LogP contribution < -0.4 is 0 Å². The Balaban J connectivity index is 2.09. The summed E-state index contributed by atoms with van der Waals surface area (Å²) in [6, 6.07) is 4.32. The summed E-state index contributed by atoms with van der Waals surface area (Å²) >= 11 is 6.19. The molecule has 2 rings (SSSR count). The number of benzene rings is 1. The van der Waals surface area contributed by atoms with Gasteiger partial charge in [-0.2, -0.15) is 0 Å². The van der Waals surface area contributed by atoms with Crippen LogP contribution in [0.25, 0.3) is 0 Å². The van der Waals surface area contributed by atoms with Crippen LogP contribution in [0.1, 0.15) is 16.7 Å². The average Bonchev–Trinajstić information content (AvgIpc) is 2.27. The van der Waals surface area contributed by atoms with E-state index in [0.717, 1.165) is 37.9 Å². The van der Waals surface area contributed by atoms with Gasteiger partial charge in [0.15, 0.2) is 0 Å². The predicted octanol–water partition coefficient (Wildman–Crippen LogP) is 2.79. The first-order chi connectivity index (χ1) is 7.66. The van der Waals surface area contributed by atoms with Crippen molar-refractivity contribution >= 4 is 11.6 Å². The highest BCUT2D eigenvalue weighted by molar-refractivity contribution is 6.31. The average molecular weight is 240 g/mol. The van der Waals surface area contributed by atoms with Crippen molar-refractivity contribution in [3.8, 4) is 0 Å². The van der Waals surface area contributed by atoms with Crippen molar-refractivity contribution in [2.24, 2.45) is 0 Å². The molecule has 1 heterocycles. The van der Waals surface area contributed by atoms with Crippen LogP contribution in [-0.4, -0.2) is 31.2 Å². The van der Waals surface area contributed by atoms with E-state index in [9.17, 15) is 0 Å². The van der Waals surface area contributed by atoms with Gasteiger partial charge in [0.1, 0.15) is 0 Å². The highest BCUT2D eigenvalue weighted by Crippen LogP contribution is 2.22. The number of morpholine rings is 1. The maximum Gasteiger partial charge on any atom is 0.0594 e. The molecule has 0 atom stereocenters. The minimum absolute atomic E-state index is 0.846. The van der Waals surface area contributed by atoms with Crippen LogP contribution in [0.4, 0.5) is 0 Å². The Morgan fingerprint density at radius 3 is 2.56 bits per heavy atom. The summed E-state index contributed by atoms with van der Waals surface area (Å²) in [6.45, 7) is 8.89. The van der Waals surface area contributed by atoms with Gasteiger partial charge in [0.25, 0.3) is 0 Å². The quantitative estimate of drug-likeness (QED) is 0.787. The lowest BCUT2D eigenvalue weighted by Gasteiger charge is -2.26. The molecular formula is C13H18ClNO. The molecular weight excluding hydrogens is 222 g/mol. The first-order valence-electron chi connectivity index (χ1n) is 5.72. The Morgan fingerprint density at radius 2 is 1.94 bits per heavy atom. The monoisotopic (exact) mass is 239 g/mol. The third-order valence-corrected chi connectivity index (χ3v) is 3.57. The van der Waals surface area contributed by atoms with Gasteiger partial charge < -0.3 is 4.74 Å². The third kappa shape index (κ3) is 2.76. The van der Waals surface area contributed by atoms with Crippen molar-refractivity contribution in [3.05, 3.63) is 33.8 Å². The van der Waals surface area contributed by atoms with Crippen LogP contribution in [0.3, 0.4) is 0 Å². The van der Waals surface area contributed by atoms with E-state index in [-0.39, 0.29) is 0 Å². The fraction of sp³-hybridized carbons (Fsp3) is 0.538. The highest BCUT2D eigenvalue weighted by Gasteiger charge is 2.11. The molecule has 0 spiro atoms. The summed E-state index contributed by atoms with van der Waals surface area (Å²) < 4.78 is 5.34. The van der Waals surface area contributed by atoms with Gasteiger partial charge in [-0.15, -0.1) is 0 Å². The molecule has 1 aromatic carbocycles. The van der Waals surface area contributed by atoms with Gasteiger partial charge in [0.05, 0.1) is 13.2 Å². The molecule has 1 aliphatic rings. The van der Waals surface area contributed by atoms with Gasteiger partial charge in [0.2, 0.25) is 0 Å². The molecule has 1 aliphatic heterocycles. The first-order valence-corrected chi connectivity index (χ1v) is 6.10. The van der Waals surface area contributed by atoms with Crippen molar-refractivity contribution in [1.29, 1.82) is 0 Å². The Morgan fingerprint density at radius 1 is 1.25 bits per heavy atom. The van der Waals surface area contributed by atoms with Gasteiger partial charge in [0, 0.05) is 24.7 Å². The zero-order chi connectivity index (χ0) is 11.5. The fourth-order valence-corrected chi connectivity index (χ4v) is 2.29. The lowest BCUT2D eigenvalue weighted by atomic mass is 10.1. The number of hydrogen-bond acceptors (Lipinski definition) is 2. The van der Waals surface area contributed by atoms with Crippen LogP contribution in [0, 0.1) is 13.8 Å². The van der Waals surface area contributed by atoms with Gasteiger partial charge in [-0.05, 0) is 36.6 Å². The molecule has 2 nitrogen and oxygen atoms in total. The van der Waals surface area contributed by atoms with Gasteiger partial charge >= 0.3 is 0 Å². The van der Waals surface area contributed by atoms with Crippen molar-refractivity contribution in [2.75, 3.05) is 26.3 Å². The molecule has 1 aromatic rings. The second-order valence-electron chi connectivity index (χ2n) is 4.41. The minimum Gasteiger partial charge on any atom is -0.379 e. The number of ether oxygens (including phenoxy) is 1. The second kappa shape index (κ2) is 5.17. The number of halogens is 1. The van der Waals surface area contributed by atoms with Crippen LogP contribution in [0.5, 0.6) is 0 Å². The van der Waals surface area contributed by atoms with Crippen molar-refractivity contribution < 1.29 is 4.74 Å². The summed E-state index contributed by atoms with van der Waals surface area (Å²) in [5, 5.41) is 0.878. The Hall–Kier alpha value is -0.570. The van der Waals surface area contributed by atoms with Gasteiger partial charge in [-0.25, -0.2) is 0 Å². The van der Waals surface area contributed by atoms with Crippen molar-refractivity contribution in [1.82, 2.24) is 4.90 Å². The molecule has 16 heavy (non-hydrogen) atoms. The second-order valence-corrected chi connectivity index (χ2v) is 4.82. The molecule has 0 N–H and O–H groups in total. The van der Waals surface area contributed by atoms with E-state index >= 15 is 0 Å². The maximum absolute atomic E-state index is 6.19. The Bertz CT molecular complexity index is 349. The fourth-order valence-electron chi connectivity index (χ4n) is 2.00. The molecule has 0 aliphatic carbocycles. The summed E-state index contributed by atoms with van der Waals surface area (Å²) in [4.78, 5) is 2.41. The van der Waals surface area contributed by atoms with E-state index < -0.39 is 0 Å². The molecule has 3 heteroatoms. The lowest BCUT2D eigenvalue weighted by molar-refractivity contribution is 0.0342. The van der Waals surface area contributed by atoms with Crippen molar-refractivity contribution in [3.63, 3.8) is 0 Å². The van der Waals surface area contributed by atoms with E-state index in [1.54, 1.807) is 0 Å². The molecule has 88 valence electrons. The predicted molar refractivity (Wildman–Crippen MR) is 67.0 cm³/mol. The van der Waals surface area contributed by atoms with E-state index in [4.69, 9.17) is 16.3 Å². The zero-order valence-electron chi connectivity index (χ0n) is 9.92. The van der Waals surface area contributed by atoms with Gasteiger partial charge in [-0.3, -0.25) is 4.90 Å². The van der Waals surface area contributed by atoms with Crippen LogP contribution in [0.2, 0.25) is 5.02 Å². The first kappa shape index (κ1) is 11.9. The number of aryl methyl sites for hydroxylation is 1. The van der Waals surface area contributed by atoms with E-state index in [0.29, 0.717) is 0 Å². The topological polar surface area (TPSA) is 12.5 Å². The zero-order valence-corrected chi connectivity index (χ0v) is 10.7. The van der Waals surface area contributed by atoms with Crippen LogP contribution >= 0.6 is 11.6 Å². The molecule has 0 radical (unpaired) electrons. The van der Waals surface area contributed by atoms with E-state index in [1.165, 1.54) is 16.7 Å². The van der Waals surface area contributed by atoms with Crippen LogP contribution in [0.15, 0.2) is 12.1 Å². The lowest BCUT2D eigenvalue weighted by Crippen LogP contribution is -2.35. The molecule has 0 aromatic heterocycles. The maximum atomic E-state index is 6.19. The molecule has 0 unspecified atom stereocenters. The molecule has 0 amide bonds. The van der Waals surface area contributed by atoms with Crippen LogP contribution in [-0.2, 0) is 11.3 Å². The smallest absolute Gasteiger partial charge is 0.0594 e. The molecule has 1 saturated heterocycles. The van der Waals surface area contributed by atoms with Crippen molar-refractivity contribution in [2.45, 2.75) is 20.4 Å². The normalized spacial score (nSPS) is 17.7. The number of rotatable bonds is 2. The standard InChI is InChI=1S/C13H18ClNO/c1-10-7-12(8-13(14)11(10)2)9-15-3-5-16-6-4-15/h7-8H,3-6,9H2,1-2H3. The minimum atomic E-state index is 0.846. The molecule has 0 saturated carbocycles. The number of nitrogens with zero attached hydrogens (tertiary/aromatic N) is 1. The highest BCUT2D eigenvalue weighted by atomic mass is 35.5. The Labute approximate surface area is 102 Å². The third-order valence-electron chi connectivity index (χ3n) is 3.17. The molecule has 1 fully saturated rings. The SMILES string of the molecule is Cc1cc(CN2CCOCC2)cc(Cl)c1C. The van der Waals surface area contributed by atoms with E-state index in [1.807, 2.05) is 0 Å². The number of hydrogen-bond donors (Lipinski definition) is 0. The summed E-state index contributed by atoms with van der Waals surface area (Å²) in [5.74, 6) is 0. The summed E-state index contributed by atoms with van der Waals surface area (Å²) in [6.07, 6.45) is 0. The largest absolute Gasteiger partial charge is 0.379 e. The molecule has 0 bridgehead atoms.